The van der Waals surface area contributed by atoms with Gasteiger partial charge < -0.3 is 0 Å². The fourth-order valence-electron chi connectivity index (χ4n) is 2.65. The monoisotopic (exact) mass is 232 g/mol. The molecular weight excluding hydrogens is 220 g/mol. The highest BCUT2D eigenvalue weighted by Gasteiger charge is 2.08. The quantitative estimate of drug-likeness (QED) is 0.448. The van der Waals surface area contributed by atoms with Gasteiger partial charge in [-0.3, -0.25) is 4.40 Å². The number of imidazole rings is 1. The molecule has 0 aliphatic carbocycles. The lowest BCUT2D eigenvalue weighted by molar-refractivity contribution is 1.22. The highest BCUT2D eigenvalue weighted by atomic mass is 15.0. The summed E-state index contributed by atoms with van der Waals surface area (Å²) >= 11 is 0. The van der Waals surface area contributed by atoms with Gasteiger partial charge in [0.15, 0.2) is 0 Å². The Balaban J connectivity index is 2.36. The van der Waals surface area contributed by atoms with E-state index in [-0.39, 0.29) is 0 Å². The molecule has 0 bridgehead atoms. The Morgan fingerprint density at radius 1 is 0.889 bits per heavy atom. The van der Waals surface area contributed by atoms with Crippen molar-refractivity contribution in [2.75, 3.05) is 0 Å². The van der Waals surface area contributed by atoms with Crippen LogP contribution in [0.4, 0.5) is 0 Å². The van der Waals surface area contributed by atoms with E-state index in [4.69, 9.17) is 4.98 Å². The Labute approximate surface area is 104 Å². The first-order valence-electron chi connectivity index (χ1n) is 6.10. The van der Waals surface area contributed by atoms with Crippen LogP contribution in [0.5, 0.6) is 0 Å². The zero-order valence-corrected chi connectivity index (χ0v) is 10.1. The molecule has 0 atom stereocenters. The fourth-order valence-corrected chi connectivity index (χ4v) is 2.65. The first kappa shape index (κ1) is 9.66. The molecule has 2 nitrogen and oxygen atoms in total. The number of rotatable bonds is 0. The second kappa shape index (κ2) is 3.33. The molecule has 0 radical (unpaired) electrons. The minimum atomic E-state index is 1.04. The first-order chi connectivity index (χ1) is 8.84. The molecule has 86 valence electrons. The van der Waals surface area contributed by atoms with Crippen molar-refractivity contribution in [1.29, 1.82) is 0 Å². The lowest BCUT2D eigenvalue weighted by Crippen LogP contribution is -1.89. The summed E-state index contributed by atoms with van der Waals surface area (Å²) in [4.78, 5) is 4.75. The van der Waals surface area contributed by atoms with Crippen LogP contribution in [-0.4, -0.2) is 9.38 Å². The summed E-state index contributed by atoms with van der Waals surface area (Å²) in [5.74, 6) is 0. The van der Waals surface area contributed by atoms with Crippen molar-refractivity contribution in [3.05, 3.63) is 60.3 Å². The second-order valence-electron chi connectivity index (χ2n) is 4.65. The van der Waals surface area contributed by atoms with E-state index in [2.05, 4.69) is 60.0 Å². The number of nitrogens with zero attached hydrogens (tertiary/aromatic N) is 2. The molecule has 0 aliphatic heterocycles. The van der Waals surface area contributed by atoms with Gasteiger partial charge in [-0.2, -0.15) is 0 Å². The standard InChI is InChI=1S/C16H12N2/c1-11-10-18-15-9-5-4-8-14(15)17-16(18)13-7-3-2-6-12(11)13/h2-10H,1H3. The molecule has 0 amide bonds. The summed E-state index contributed by atoms with van der Waals surface area (Å²) in [7, 11) is 0. The number of aromatic nitrogens is 2. The maximum absolute atomic E-state index is 4.75. The largest absolute Gasteiger partial charge is 0.299 e. The van der Waals surface area contributed by atoms with Crippen molar-refractivity contribution in [2.24, 2.45) is 0 Å². The third-order valence-corrected chi connectivity index (χ3v) is 3.51. The zero-order valence-electron chi connectivity index (χ0n) is 10.1. The normalized spacial score (nSPS) is 11.6. The molecule has 0 fully saturated rings. The van der Waals surface area contributed by atoms with Crippen molar-refractivity contribution in [3.63, 3.8) is 0 Å². The minimum absolute atomic E-state index is 1.04. The van der Waals surface area contributed by atoms with E-state index < -0.39 is 0 Å². The molecule has 0 saturated carbocycles. The van der Waals surface area contributed by atoms with E-state index in [1.165, 1.54) is 21.9 Å². The molecule has 4 rings (SSSR count). The summed E-state index contributed by atoms with van der Waals surface area (Å²) in [6.07, 6.45) is 2.17. The Morgan fingerprint density at radius 3 is 2.50 bits per heavy atom. The molecule has 2 aromatic carbocycles. The van der Waals surface area contributed by atoms with Crippen LogP contribution in [0.2, 0.25) is 0 Å². The van der Waals surface area contributed by atoms with E-state index >= 15 is 0 Å². The summed E-state index contributed by atoms with van der Waals surface area (Å²) in [5, 5.41) is 2.49. The summed E-state index contributed by atoms with van der Waals surface area (Å²) in [6.45, 7) is 2.15. The van der Waals surface area contributed by atoms with Crippen molar-refractivity contribution >= 4 is 27.5 Å². The van der Waals surface area contributed by atoms with E-state index in [1.807, 2.05) is 6.07 Å². The minimum Gasteiger partial charge on any atom is -0.299 e. The molecule has 4 aromatic rings. The zero-order chi connectivity index (χ0) is 12.1. The van der Waals surface area contributed by atoms with Gasteiger partial charge in [0, 0.05) is 11.6 Å². The predicted molar refractivity (Wildman–Crippen MR) is 74.9 cm³/mol. The SMILES string of the molecule is Cc1cn2c3ccccc3nc2c2ccccc12. The number of aryl methyl sites for hydroxylation is 1. The highest BCUT2D eigenvalue weighted by Crippen LogP contribution is 2.26. The molecule has 18 heavy (non-hydrogen) atoms. The average molecular weight is 232 g/mol. The topological polar surface area (TPSA) is 17.3 Å². The van der Waals surface area contributed by atoms with E-state index in [1.54, 1.807) is 0 Å². The molecule has 0 saturated heterocycles. The third-order valence-electron chi connectivity index (χ3n) is 3.51. The van der Waals surface area contributed by atoms with E-state index in [9.17, 15) is 0 Å². The van der Waals surface area contributed by atoms with Crippen LogP contribution in [0.25, 0.3) is 27.5 Å². The fraction of sp³-hybridized carbons (Fsp3) is 0.0625. The van der Waals surface area contributed by atoms with Crippen LogP contribution in [0, 0.1) is 6.92 Å². The Morgan fingerprint density at radius 2 is 1.61 bits per heavy atom. The first-order valence-corrected chi connectivity index (χ1v) is 6.10. The highest BCUT2D eigenvalue weighted by molar-refractivity contribution is 5.99. The van der Waals surface area contributed by atoms with Crippen LogP contribution in [0.3, 0.4) is 0 Å². The van der Waals surface area contributed by atoms with Gasteiger partial charge in [0.05, 0.1) is 11.0 Å². The summed E-state index contributed by atoms with van der Waals surface area (Å²) in [6, 6.07) is 16.7. The van der Waals surface area contributed by atoms with Gasteiger partial charge in [-0.15, -0.1) is 0 Å². The van der Waals surface area contributed by atoms with E-state index in [0.29, 0.717) is 0 Å². The van der Waals surface area contributed by atoms with Crippen molar-refractivity contribution in [3.8, 4) is 0 Å². The number of hydrogen-bond donors (Lipinski definition) is 0. The number of pyridine rings is 1. The van der Waals surface area contributed by atoms with Crippen molar-refractivity contribution in [1.82, 2.24) is 9.38 Å². The molecular formula is C16H12N2. The van der Waals surface area contributed by atoms with Gasteiger partial charge >= 0.3 is 0 Å². The maximum Gasteiger partial charge on any atom is 0.145 e. The van der Waals surface area contributed by atoms with Crippen LogP contribution >= 0.6 is 0 Å². The average Bonchev–Trinajstić information content (AvgIpc) is 2.78. The maximum atomic E-state index is 4.75. The van der Waals surface area contributed by atoms with Gasteiger partial charge in [-0.05, 0) is 30.0 Å². The molecule has 2 aromatic heterocycles. The van der Waals surface area contributed by atoms with Gasteiger partial charge in [-0.25, -0.2) is 4.98 Å². The van der Waals surface area contributed by atoms with Gasteiger partial charge in [0.2, 0.25) is 0 Å². The molecule has 0 spiro atoms. The lowest BCUT2D eigenvalue weighted by atomic mass is 10.1. The predicted octanol–water partition coefficient (Wildman–Crippen LogP) is 3.95. The Kier molecular flexibility index (Phi) is 1.78. The van der Waals surface area contributed by atoms with Crippen molar-refractivity contribution < 1.29 is 0 Å². The molecule has 0 N–H and O–H groups in total. The van der Waals surface area contributed by atoms with Crippen LogP contribution < -0.4 is 0 Å². The second-order valence-corrected chi connectivity index (χ2v) is 4.65. The number of hydrogen-bond acceptors (Lipinski definition) is 1. The van der Waals surface area contributed by atoms with Crippen LogP contribution in [-0.2, 0) is 0 Å². The van der Waals surface area contributed by atoms with Gasteiger partial charge in [0.1, 0.15) is 5.65 Å². The molecule has 2 heteroatoms. The lowest BCUT2D eigenvalue weighted by Gasteiger charge is -2.04. The van der Waals surface area contributed by atoms with Gasteiger partial charge in [-0.1, -0.05) is 36.4 Å². The van der Waals surface area contributed by atoms with E-state index in [0.717, 1.165) is 11.2 Å². The van der Waals surface area contributed by atoms with Crippen LogP contribution in [0.1, 0.15) is 5.56 Å². The van der Waals surface area contributed by atoms with Crippen LogP contribution in [0.15, 0.2) is 54.7 Å². The Bertz CT molecular complexity index is 887. The Hall–Kier alpha value is -2.35. The smallest absolute Gasteiger partial charge is 0.145 e. The number of benzene rings is 2. The molecule has 2 heterocycles. The number of para-hydroxylation sites is 2. The third kappa shape index (κ3) is 1.15. The number of fused-ring (bicyclic) bond motifs is 5. The summed E-state index contributed by atoms with van der Waals surface area (Å²) < 4.78 is 2.19. The summed E-state index contributed by atoms with van der Waals surface area (Å²) in [5.41, 5.74) is 4.54. The van der Waals surface area contributed by atoms with Gasteiger partial charge in [0.25, 0.3) is 0 Å². The molecule has 0 unspecified atom stereocenters. The van der Waals surface area contributed by atoms with Crippen molar-refractivity contribution in [2.45, 2.75) is 6.92 Å². The molecule has 0 aliphatic rings.